The second kappa shape index (κ2) is 17.9. The van der Waals surface area contributed by atoms with Crippen LogP contribution in [0.3, 0.4) is 0 Å². The van der Waals surface area contributed by atoms with Gasteiger partial charge in [-0.15, -0.1) is 0 Å². The zero-order valence-corrected chi connectivity index (χ0v) is 32.8. The summed E-state index contributed by atoms with van der Waals surface area (Å²) < 4.78 is 13.0. The summed E-state index contributed by atoms with van der Waals surface area (Å²) in [7, 11) is 0. The van der Waals surface area contributed by atoms with Crippen LogP contribution in [0.15, 0.2) is 81.6 Å². The summed E-state index contributed by atoms with van der Waals surface area (Å²) in [5.41, 5.74) is 5.45. The van der Waals surface area contributed by atoms with Crippen LogP contribution < -0.4 is 16.0 Å². The number of rotatable bonds is 18. The third kappa shape index (κ3) is 9.15. The lowest BCUT2D eigenvalue weighted by Crippen LogP contribution is -2.27. The molecule has 2 aromatic heterocycles. The molecule has 0 radical (unpaired) electrons. The Labute approximate surface area is 338 Å². The first-order valence-electron chi connectivity index (χ1n) is 20.8. The Morgan fingerprint density at radius 1 is 0.569 bits per heavy atom. The monoisotopic (exact) mass is 790 g/mol. The highest BCUT2D eigenvalue weighted by atomic mass is 16.4. The molecule has 0 saturated carbocycles. The van der Waals surface area contributed by atoms with Crippen LogP contribution in [0.2, 0.25) is 0 Å². The predicted octanol–water partition coefficient (Wildman–Crippen LogP) is 5.94. The van der Waals surface area contributed by atoms with E-state index in [9.17, 15) is 29.7 Å². The summed E-state index contributed by atoms with van der Waals surface area (Å²) in [6, 6.07) is 24.3. The third-order valence-corrected chi connectivity index (χ3v) is 12.8. The van der Waals surface area contributed by atoms with Gasteiger partial charge in [0.05, 0.1) is 17.8 Å². The molecule has 6 N–H and O–H groups in total. The fourth-order valence-electron chi connectivity index (χ4n) is 9.68. The topological polar surface area (TPSA) is 178 Å². The van der Waals surface area contributed by atoms with Crippen LogP contribution in [-0.4, -0.2) is 77.4 Å². The fraction of sp³-hybridized carbons (Fsp3) is 0.457. The van der Waals surface area contributed by atoms with E-state index in [2.05, 4.69) is 45.1 Å². The number of para-hydroxylation sites is 2. The van der Waals surface area contributed by atoms with Gasteiger partial charge in [-0.3, -0.25) is 19.3 Å². The van der Waals surface area contributed by atoms with Crippen molar-refractivity contribution in [3.05, 3.63) is 107 Å². The predicted molar refractivity (Wildman–Crippen MR) is 219 cm³/mol. The molecule has 3 saturated heterocycles. The number of benzene rings is 3. The zero-order valence-electron chi connectivity index (χ0n) is 32.8. The third-order valence-electron chi connectivity index (χ3n) is 12.8. The van der Waals surface area contributed by atoms with Gasteiger partial charge in [0, 0.05) is 54.4 Å². The van der Waals surface area contributed by atoms with E-state index in [-0.39, 0.29) is 17.8 Å². The van der Waals surface area contributed by atoms with Crippen molar-refractivity contribution in [1.82, 2.24) is 20.9 Å². The van der Waals surface area contributed by atoms with Crippen molar-refractivity contribution in [3.8, 4) is 0 Å². The number of aliphatic carboxylic acids is 3. The summed E-state index contributed by atoms with van der Waals surface area (Å²) in [5, 5.41) is 42.2. The first-order chi connectivity index (χ1) is 28.2. The minimum Gasteiger partial charge on any atom is -0.481 e. The van der Waals surface area contributed by atoms with E-state index in [0.717, 1.165) is 83.1 Å². The quantitative estimate of drug-likeness (QED) is 0.0617. The van der Waals surface area contributed by atoms with Gasteiger partial charge in [0.15, 0.2) is 0 Å². The molecule has 0 unspecified atom stereocenters. The van der Waals surface area contributed by atoms with Crippen molar-refractivity contribution < 1.29 is 38.5 Å². The van der Waals surface area contributed by atoms with Crippen molar-refractivity contribution in [2.75, 3.05) is 39.3 Å². The van der Waals surface area contributed by atoms with Crippen LogP contribution >= 0.6 is 0 Å². The number of hydrogen-bond acceptors (Lipinski definition) is 9. The van der Waals surface area contributed by atoms with Gasteiger partial charge in [-0.05, 0) is 106 Å². The number of nitrogens with zero attached hydrogens (tertiary/aromatic N) is 1. The van der Waals surface area contributed by atoms with Gasteiger partial charge in [-0.2, -0.15) is 0 Å². The number of furan rings is 2. The highest BCUT2D eigenvalue weighted by Gasteiger charge is 2.34. The van der Waals surface area contributed by atoms with Crippen molar-refractivity contribution in [2.24, 2.45) is 35.5 Å². The smallest absolute Gasteiger partial charge is 0.307 e. The summed E-state index contributed by atoms with van der Waals surface area (Å²) >= 11 is 0. The van der Waals surface area contributed by atoms with E-state index in [1.54, 1.807) is 0 Å². The van der Waals surface area contributed by atoms with Crippen LogP contribution in [-0.2, 0) is 53.3 Å². The van der Waals surface area contributed by atoms with E-state index in [0.29, 0.717) is 70.1 Å². The lowest BCUT2D eigenvalue weighted by Gasteiger charge is -2.24. The van der Waals surface area contributed by atoms with Gasteiger partial charge in [0.2, 0.25) is 0 Å². The van der Waals surface area contributed by atoms with Gasteiger partial charge in [0.1, 0.15) is 22.7 Å². The molecule has 5 heterocycles. The molecular formula is C46H54N4O8. The molecule has 0 amide bonds. The molecule has 0 bridgehead atoms. The molecule has 3 fully saturated rings. The molecular weight excluding hydrogens is 737 g/mol. The maximum Gasteiger partial charge on any atom is 0.307 e. The molecule has 5 aromatic rings. The molecule has 3 aliphatic heterocycles. The van der Waals surface area contributed by atoms with Crippen LogP contribution in [0, 0.1) is 35.5 Å². The van der Waals surface area contributed by atoms with Gasteiger partial charge >= 0.3 is 17.9 Å². The standard InChI is InChI=1S/C46H54N4O8/c51-44(52)39(32-10-13-47-22-32)17-28-4-1-5-29(16-28)25-50(26-35-8-2-6-30-18-37(57-42(30)35)20-40(45(53)54)33-11-14-48-23-33)27-36-9-3-7-31-19-38(58-43(31)36)21-41(46(55)56)34-12-15-49-24-34/h1-9,16,18-19,32-34,39-41,47-49H,10-15,17,20-27H2,(H,51,52)(H,53,54)(H,55,56)/t32-,33-,34-,39-,40-,41-/m0/s1. The summed E-state index contributed by atoms with van der Waals surface area (Å²) in [5.74, 6) is -2.39. The van der Waals surface area contributed by atoms with E-state index in [4.69, 9.17) is 8.83 Å². The van der Waals surface area contributed by atoms with Crippen molar-refractivity contribution in [2.45, 2.75) is 58.2 Å². The number of carboxylic acid groups (broad SMARTS) is 3. The Balaban J connectivity index is 1.09. The first kappa shape index (κ1) is 39.8. The maximum absolute atomic E-state index is 12.4. The number of fused-ring (bicyclic) bond motifs is 2. The summed E-state index contributed by atoms with van der Waals surface area (Å²) in [6.07, 6.45) is 3.62. The largest absolute Gasteiger partial charge is 0.481 e. The Bertz CT molecular complexity index is 2110. The average molecular weight is 791 g/mol. The number of carbonyl (C=O) groups is 3. The van der Waals surface area contributed by atoms with Gasteiger partial charge in [-0.25, -0.2) is 0 Å². The molecule has 12 heteroatoms. The van der Waals surface area contributed by atoms with E-state index in [1.807, 2.05) is 48.5 Å². The molecule has 3 aromatic carbocycles. The van der Waals surface area contributed by atoms with Crippen LogP contribution in [0.25, 0.3) is 21.9 Å². The Morgan fingerprint density at radius 3 is 1.43 bits per heavy atom. The van der Waals surface area contributed by atoms with Crippen LogP contribution in [0.4, 0.5) is 0 Å². The molecule has 58 heavy (non-hydrogen) atoms. The van der Waals surface area contributed by atoms with Crippen molar-refractivity contribution in [1.29, 1.82) is 0 Å². The van der Waals surface area contributed by atoms with Gasteiger partial charge in [-0.1, -0.05) is 60.7 Å². The van der Waals surface area contributed by atoms with E-state index in [1.165, 1.54) is 0 Å². The summed E-state index contributed by atoms with van der Waals surface area (Å²) in [4.78, 5) is 39.4. The average Bonchev–Trinajstić information content (AvgIpc) is 4.06. The first-order valence-corrected chi connectivity index (χ1v) is 20.8. The molecule has 12 nitrogen and oxygen atoms in total. The number of nitrogens with one attached hydrogen (secondary N) is 3. The molecule has 8 rings (SSSR count). The van der Waals surface area contributed by atoms with E-state index >= 15 is 0 Å². The normalized spacial score (nSPS) is 21.2. The van der Waals surface area contributed by atoms with Crippen LogP contribution in [0.5, 0.6) is 0 Å². The lowest BCUT2D eigenvalue weighted by atomic mass is 9.86. The minimum absolute atomic E-state index is 0.0524. The highest BCUT2D eigenvalue weighted by molar-refractivity contribution is 5.82. The molecule has 6 atom stereocenters. The highest BCUT2D eigenvalue weighted by Crippen LogP contribution is 2.33. The van der Waals surface area contributed by atoms with Crippen molar-refractivity contribution in [3.63, 3.8) is 0 Å². The van der Waals surface area contributed by atoms with Gasteiger partial charge in [0.25, 0.3) is 0 Å². The zero-order chi connectivity index (χ0) is 40.2. The van der Waals surface area contributed by atoms with Crippen LogP contribution in [0.1, 0.15) is 53.0 Å². The number of carboxylic acids is 3. The maximum atomic E-state index is 12.4. The molecule has 306 valence electrons. The Morgan fingerprint density at radius 2 is 1.00 bits per heavy atom. The SMILES string of the molecule is O=C(O)[C@@H](Cc1cccc(CN(Cc2cccc3cc(C[C@H](C(=O)O)[C@H]4CCNC4)oc23)Cc2cccc3cc(C[C@H](C(=O)O)[C@H]4CCNC4)oc23)c1)[C@H]1CCNC1. The molecule has 0 aliphatic carbocycles. The summed E-state index contributed by atoms with van der Waals surface area (Å²) in [6.45, 7) is 6.15. The molecule has 0 spiro atoms. The minimum atomic E-state index is -0.804. The Hall–Kier alpha value is -5.01. The second-order valence-corrected chi connectivity index (χ2v) is 16.8. The van der Waals surface area contributed by atoms with Crippen molar-refractivity contribution >= 4 is 39.8 Å². The molecule has 3 aliphatic rings. The second-order valence-electron chi connectivity index (χ2n) is 16.8. The lowest BCUT2D eigenvalue weighted by molar-refractivity contribution is -0.144. The van der Waals surface area contributed by atoms with Gasteiger partial charge < -0.3 is 40.1 Å². The number of hydrogen-bond donors (Lipinski definition) is 6. The van der Waals surface area contributed by atoms with E-state index < -0.39 is 35.7 Å². The fourth-order valence-corrected chi connectivity index (χ4v) is 9.68. The Kier molecular flexibility index (Phi) is 12.3.